The lowest BCUT2D eigenvalue weighted by atomic mass is 10.1. The van der Waals surface area contributed by atoms with Crippen LogP contribution in [0.2, 0.25) is 0 Å². The minimum atomic E-state index is 0.232. The number of H-pyrrole nitrogens is 1. The van der Waals surface area contributed by atoms with Crippen molar-refractivity contribution in [2.75, 3.05) is 14.2 Å². The second kappa shape index (κ2) is 8.71. The number of hydrogen-bond acceptors (Lipinski definition) is 6. The first kappa shape index (κ1) is 19.6. The molecule has 0 bridgehead atoms. The molecule has 0 saturated heterocycles. The average Bonchev–Trinajstić information content (AvgIpc) is 3.04. The molecule has 0 radical (unpaired) electrons. The molecule has 1 heterocycles. The Morgan fingerprint density at radius 2 is 1.82 bits per heavy atom. The zero-order valence-electron chi connectivity index (χ0n) is 16.2. The van der Waals surface area contributed by atoms with Crippen LogP contribution in [0.1, 0.15) is 22.5 Å². The van der Waals surface area contributed by atoms with Crippen molar-refractivity contribution >= 4 is 18.4 Å². The summed E-state index contributed by atoms with van der Waals surface area (Å²) < 4.78 is 18.4. The molecule has 8 heteroatoms. The van der Waals surface area contributed by atoms with Gasteiger partial charge < -0.3 is 14.2 Å². The van der Waals surface area contributed by atoms with E-state index in [1.54, 1.807) is 26.5 Å². The number of benzene rings is 2. The Morgan fingerprint density at radius 1 is 1.11 bits per heavy atom. The number of nitrogens with one attached hydrogen (secondary N) is 1. The molecule has 0 amide bonds. The minimum absolute atomic E-state index is 0.232. The minimum Gasteiger partial charge on any atom is -0.497 e. The van der Waals surface area contributed by atoms with Gasteiger partial charge in [0.25, 0.3) is 0 Å². The molecule has 7 nitrogen and oxygen atoms in total. The van der Waals surface area contributed by atoms with Crippen molar-refractivity contribution in [1.29, 1.82) is 0 Å². The predicted molar refractivity (Wildman–Crippen MR) is 110 cm³/mol. The van der Waals surface area contributed by atoms with Crippen molar-refractivity contribution in [2.24, 2.45) is 5.10 Å². The van der Waals surface area contributed by atoms with Gasteiger partial charge in [-0.15, -0.1) is 0 Å². The first-order valence-electron chi connectivity index (χ1n) is 8.64. The van der Waals surface area contributed by atoms with Crippen LogP contribution >= 0.6 is 12.2 Å². The molecule has 146 valence electrons. The van der Waals surface area contributed by atoms with Gasteiger partial charge in [0.1, 0.15) is 23.9 Å². The number of ether oxygens (including phenoxy) is 3. The van der Waals surface area contributed by atoms with Gasteiger partial charge in [-0.1, -0.05) is 17.7 Å². The van der Waals surface area contributed by atoms with Crippen molar-refractivity contribution in [3.05, 3.63) is 63.7 Å². The lowest BCUT2D eigenvalue weighted by Gasteiger charge is -2.09. The maximum atomic E-state index is 5.89. The zero-order valence-corrected chi connectivity index (χ0v) is 17.0. The lowest BCUT2D eigenvalue weighted by molar-refractivity contribution is 0.288. The average molecular weight is 398 g/mol. The third kappa shape index (κ3) is 4.58. The fourth-order valence-corrected chi connectivity index (χ4v) is 2.87. The SMILES string of the molecule is COc1cc(/C=N\n2c(COc3ccc(C)cc3C)n[nH]c2=S)cc(OC)c1. The van der Waals surface area contributed by atoms with Crippen molar-refractivity contribution in [3.8, 4) is 17.2 Å². The number of aryl methyl sites for hydroxylation is 2. The van der Waals surface area contributed by atoms with Crippen LogP contribution in [-0.2, 0) is 6.61 Å². The van der Waals surface area contributed by atoms with E-state index in [-0.39, 0.29) is 6.61 Å². The van der Waals surface area contributed by atoms with Crippen molar-refractivity contribution in [3.63, 3.8) is 0 Å². The van der Waals surface area contributed by atoms with Gasteiger partial charge in [0.05, 0.1) is 20.4 Å². The Balaban J connectivity index is 1.81. The van der Waals surface area contributed by atoms with Gasteiger partial charge in [-0.05, 0) is 49.8 Å². The number of hydrogen-bond donors (Lipinski definition) is 1. The van der Waals surface area contributed by atoms with E-state index in [9.17, 15) is 0 Å². The van der Waals surface area contributed by atoms with Crippen LogP contribution in [0.4, 0.5) is 0 Å². The summed E-state index contributed by atoms with van der Waals surface area (Å²) in [5.74, 6) is 2.72. The zero-order chi connectivity index (χ0) is 20.1. The van der Waals surface area contributed by atoms with Crippen LogP contribution in [0.15, 0.2) is 41.5 Å². The molecular formula is C20H22N4O3S. The second-order valence-electron chi connectivity index (χ2n) is 6.20. The molecule has 1 N–H and O–H groups in total. The maximum Gasteiger partial charge on any atom is 0.216 e. The van der Waals surface area contributed by atoms with E-state index in [0.717, 1.165) is 16.9 Å². The highest BCUT2D eigenvalue weighted by Gasteiger charge is 2.08. The fourth-order valence-electron chi connectivity index (χ4n) is 2.67. The molecule has 0 aliphatic carbocycles. The maximum absolute atomic E-state index is 5.89. The molecule has 0 aliphatic heterocycles. The molecule has 0 fully saturated rings. The third-order valence-corrected chi connectivity index (χ3v) is 4.36. The summed E-state index contributed by atoms with van der Waals surface area (Å²) in [5.41, 5.74) is 3.05. The number of rotatable bonds is 7. The largest absolute Gasteiger partial charge is 0.497 e. The van der Waals surface area contributed by atoms with E-state index >= 15 is 0 Å². The van der Waals surface area contributed by atoms with Gasteiger partial charge in [0.15, 0.2) is 5.82 Å². The standard InChI is InChI=1S/C20H22N4O3S/c1-13-5-6-18(14(2)7-13)27-12-19-22-23-20(28)24(19)21-11-15-8-16(25-3)10-17(9-15)26-4/h5-11H,12H2,1-4H3,(H,23,28)/b21-11-. The molecule has 0 atom stereocenters. The number of methoxy groups -OCH3 is 2. The van der Waals surface area contributed by atoms with Crippen LogP contribution in [0.3, 0.4) is 0 Å². The molecule has 2 aromatic carbocycles. The summed E-state index contributed by atoms with van der Waals surface area (Å²) in [6, 6.07) is 11.5. The predicted octanol–water partition coefficient (Wildman–Crippen LogP) is 4.04. The fraction of sp³-hybridized carbons (Fsp3) is 0.250. The highest BCUT2D eigenvalue weighted by molar-refractivity contribution is 7.71. The smallest absolute Gasteiger partial charge is 0.216 e. The topological polar surface area (TPSA) is 73.7 Å². The van der Waals surface area contributed by atoms with Crippen LogP contribution in [0, 0.1) is 18.6 Å². The van der Waals surface area contributed by atoms with Crippen LogP contribution in [0.5, 0.6) is 17.2 Å². The van der Waals surface area contributed by atoms with Crippen molar-refractivity contribution in [2.45, 2.75) is 20.5 Å². The molecule has 3 rings (SSSR count). The lowest BCUT2D eigenvalue weighted by Crippen LogP contribution is -2.05. The Labute approximate surface area is 168 Å². The molecular weight excluding hydrogens is 376 g/mol. The summed E-state index contributed by atoms with van der Waals surface area (Å²) in [6.07, 6.45) is 1.66. The van der Waals surface area contributed by atoms with Gasteiger partial charge in [-0.2, -0.15) is 14.9 Å². The summed E-state index contributed by atoms with van der Waals surface area (Å²) in [7, 11) is 3.20. The van der Waals surface area contributed by atoms with Gasteiger partial charge in [-0.3, -0.25) is 0 Å². The van der Waals surface area contributed by atoms with Crippen LogP contribution in [0.25, 0.3) is 0 Å². The number of aromatic nitrogens is 3. The summed E-state index contributed by atoms with van der Waals surface area (Å²) in [4.78, 5) is 0. The first-order chi connectivity index (χ1) is 13.5. The highest BCUT2D eigenvalue weighted by Crippen LogP contribution is 2.22. The van der Waals surface area contributed by atoms with Crippen LogP contribution in [-0.4, -0.2) is 35.3 Å². The van der Waals surface area contributed by atoms with Gasteiger partial charge in [0.2, 0.25) is 4.77 Å². The number of aromatic amines is 1. The first-order valence-corrected chi connectivity index (χ1v) is 9.04. The molecule has 0 aliphatic rings. The Hall–Kier alpha value is -3.13. The molecule has 3 aromatic rings. The Kier molecular flexibility index (Phi) is 6.10. The highest BCUT2D eigenvalue weighted by atomic mass is 32.1. The summed E-state index contributed by atoms with van der Waals surface area (Å²) in [5, 5.41) is 11.4. The molecule has 0 saturated carbocycles. The van der Waals surface area contributed by atoms with E-state index in [1.807, 2.05) is 38.1 Å². The molecule has 0 unspecified atom stereocenters. The van der Waals surface area contributed by atoms with Gasteiger partial charge in [0, 0.05) is 11.6 Å². The van der Waals surface area contributed by atoms with Crippen LogP contribution < -0.4 is 14.2 Å². The van der Waals surface area contributed by atoms with E-state index in [4.69, 9.17) is 26.4 Å². The van der Waals surface area contributed by atoms with Crippen molar-refractivity contribution < 1.29 is 14.2 Å². The van der Waals surface area contributed by atoms with E-state index in [2.05, 4.69) is 21.4 Å². The summed E-state index contributed by atoms with van der Waals surface area (Å²) >= 11 is 5.29. The normalized spacial score (nSPS) is 11.0. The van der Waals surface area contributed by atoms with E-state index < -0.39 is 0 Å². The molecule has 28 heavy (non-hydrogen) atoms. The number of nitrogens with zero attached hydrogens (tertiary/aromatic N) is 3. The molecule has 1 aromatic heterocycles. The van der Waals surface area contributed by atoms with E-state index in [0.29, 0.717) is 22.1 Å². The van der Waals surface area contributed by atoms with Crippen molar-refractivity contribution in [1.82, 2.24) is 14.9 Å². The quantitative estimate of drug-likeness (QED) is 0.480. The van der Waals surface area contributed by atoms with E-state index in [1.165, 1.54) is 10.2 Å². The third-order valence-electron chi connectivity index (χ3n) is 4.10. The molecule has 0 spiro atoms. The second-order valence-corrected chi connectivity index (χ2v) is 6.59. The summed E-state index contributed by atoms with van der Waals surface area (Å²) in [6.45, 7) is 4.29. The van der Waals surface area contributed by atoms with Gasteiger partial charge in [-0.25, -0.2) is 5.10 Å². The monoisotopic (exact) mass is 398 g/mol. The van der Waals surface area contributed by atoms with Gasteiger partial charge >= 0.3 is 0 Å². The Bertz CT molecular complexity index is 1030. The Morgan fingerprint density at radius 3 is 2.46 bits per heavy atom.